The second kappa shape index (κ2) is 12.1. The monoisotopic (exact) mass is 509 g/mol. The molecule has 3 aromatic rings. The van der Waals surface area contributed by atoms with E-state index in [9.17, 15) is 13.2 Å². The predicted octanol–water partition coefficient (Wildman–Crippen LogP) is 3.27. The van der Waals surface area contributed by atoms with Crippen molar-refractivity contribution in [2.75, 3.05) is 20.7 Å². The number of ether oxygens (including phenoxy) is 1. The largest absolute Gasteiger partial charge is 0.495 e. The third-order valence-electron chi connectivity index (χ3n) is 5.13. The van der Waals surface area contributed by atoms with Crippen molar-refractivity contribution in [1.29, 1.82) is 0 Å². The molecule has 0 radical (unpaired) electrons. The Morgan fingerprint density at radius 3 is 2.11 bits per heavy atom. The SMILES string of the molecule is CNC(=S)NS(=O)(=O)c1cc(CCNC(=O)C=C(c2ccccc2)c2ccccc2)ccc1OC. The van der Waals surface area contributed by atoms with Gasteiger partial charge in [0, 0.05) is 19.7 Å². The molecule has 0 atom stereocenters. The molecule has 35 heavy (non-hydrogen) atoms. The van der Waals surface area contributed by atoms with Gasteiger partial charge in [0.05, 0.1) is 7.11 Å². The molecule has 0 fully saturated rings. The van der Waals surface area contributed by atoms with Crippen LogP contribution in [0.5, 0.6) is 5.75 Å². The van der Waals surface area contributed by atoms with Crippen LogP contribution in [0.25, 0.3) is 5.57 Å². The highest BCUT2D eigenvalue weighted by atomic mass is 32.2. The molecular weight excluding hydrogens is 482 g/mol. The Labute approximate surface area is 211 Å². The van der Waals surface area contributed by atoms with Crippen LogP contribution < -0.4 is 20.1 Å². The van der Waals surface area contributed by atoms with Crippen LogP contribution in [0.15, 0.2) is 89.8 Å². The van der Waals surface area contributed by atoms with Crippen molar-refractivity contribution in [3.8, 4) is 5.75 Å². The Hall–Kier alpha value is -3.69. The summed E-state index contributed by atoms with van der Waals surface area (Å²) in [5.41, 5.74) is 3.40. The average Bonchev–Trinajstić information content (AvgIpc) is 2.88. The van der Waals surface area contributed by atoms with E-state index in [-0.39, 0.29) is 21.7 Å². The molecule has 9 heteroatoms. The number of nitrogens with one attached hydrogen (secondary N) is 3. The molecule has 0 aliphatic rings. The van der Waals surface area contributed by atoms with Crippen molar-refractivity contribution in [2.45, 2.75) is 11.3 Å². The molecule has 0 heterocycles. The molecular formula is C26H27N3O4S2. The molecule has 0 bridgehead atoms. The molecule has 3 rings (SSSR count). The fourth-order valence-corrected chi connectivity index (χ4v) is 4.90. The first-order chi connectivity index (χ1) is 16.8. The molecule has 0 aliphatic carbocycles. The zero-order valence-electron chi connectivity index (χ0n) is 19.4. The number of carbonyl (C=O) groups excluding carboxylic acids is 1. The smallest absolute Gasteiger partial charge is 0.267 e. The van der Waals surface area contributed by atoms with E-state index in [0.717, 1.165) is 22.3 Å². The zero-order chi connectivity index (χ0) is 25.3. The fourth-order valence-electron chi connectivity index (χ4n) is 3.40. The zero-order valence-corrected chi connectivity index (χ0v) is 21.1. The maximum Gasteiger partial charge on any atom is 0.267 e. The molecule has 1 amide bonds. The van der Waals surface area contributed by atoms with E-state index in [1.165, 1.54) is 20.2 Å². The van der Waals surface area contributed by atoms with E-state index in [1.54, 1.807) is 18.2 Å². The average molecular weight is 510 g/mol. The van der Waals surface area contributed by atoms with Crippen LogP contribution >= 0.6 is 12.2 Å². The number of hydrogen-bond donors (Lipinski definition) is 3. The Morgan fingerprint density at radius 1 is 0.971 bits per heavy atom. The number of carbonyl (C=O) groups is 1. The fraction of sp³-hybridized carbons (Fsp3) is 0.154. The Kier molecular flexibility index (Phi) is 8.99. The van der Waals surface area contributed by atoms with Crippen LogP contribution in [-0.4, -0.2) is 40.1 Å². The van der Waals surface area contributed by atoms with Crippen LogP contribution in [0.2, 0.25) is 0 Å². The van der Waals surface area contributed by atoms with E-state index >= 15 is 0 Å². The third-order valence-corrected chi connectivity index (χ3v) is 6.94. The number of thiocarbonyl (C=S) groups is 1. The topological polar surface area (TPSA) is 96.5 Å². The number of rotatable bonds is 9. The summed E-state index contributed by atoms with van der Waals surface area (Å²) in [4.78, 5) is 12.7. The highest BCUT2D eigenvalue weighted by molar-refractivity contribution is 7.92. The van der Waals surface area contributed by atoms with Crippen molar-refractivity contribution in [3.63, 3.8) is 0 Å². The van der Waals surface area contributed by atoms with E-state index in [1.807, 2.05) is 60.7 Å². The summed E-state index contributed by atoms with van der Waals surface area (Å²) in [6.07, 6.45) is 2.01. The van der Waals surface area contributed by atoms with Crippen LogP contribution in [0, 0.1) is 0 Å². The predicted molar refractivity (Wildman–Crippen MR) is 142 cm³/mol. The number of sulfonamides is 1. The van der Waals surface area contributed by atoms with Gasteiger partial charge in [-0.15, -0.1) is 0 Å². The first-order valence-electron chi connectivity index (χ1n) is 10.9. The molecule has 0 aliphatic heterocycles. The molecule has 0 aromatic heterocycles. The van der Waals surface area contributed by atoms with Gasteiger partial charge in [-0.2, -0.15) is 0 Å². The Balaban J connectivity index is 1.74. The van der Waals surface area contributed by atoms with E-state index in [2.05, 4.69) is 15.4 Å². The van der Waals surface area contributed by atoms with Gasteiger partial charge < -0.3 is 15.4 Å². The number of amides is 1. The highest BCUT2D eigenvalue weighted by Gasteiger charge is 2.21. The van der Waals surface area contributed by atoms with Crippen molar-refractivity contribution >= 4 is 38.8 Å². The van der Waals surface area contributed by atoms with Crippen LogP contribution in [0.1, 0.15) is 16.7 Å². The lowest BCUT2D eigenvalue weighted by molar-refractivity contribution is -0.116. The van der Waals surface area contributed by atoms with Gasteiger partial charge in [-0.25, -0.2) is 8.42 Å². The van der Waals surface area contributed by atoms with Crippen LogP contribution in [-0.2, 0) is 21.2 Å². The maximum absolute atomic E-state index is 12.7. The van der Waals surface area contributed by atoms with E-state index in [4.69, 9.17) is 17.0 Å². The quantitative estimate of drug-likeness (QED) is 0.303. The first kappa shape index (κ1) is 25.9. The van der Waals surface area contributed by atoms with Crippen molar-refractivity contribution < 1.29 is 17.9 Å². The van der Waals surface area contributed by atoms with Gasteiger partial charge in [-0.05, 0) is 53.0 Å². The lowest BCUT2D eigenvalue weighted by Gasteiger charge is -2.13. The minimum absolute atomic E-state index is 0.0239. The standard InChI is InChI=1S/C26H27N3O4S2/c1-27-26(34)29-35(31,32)24-17-19(13-14-23(24)33-2)15-16-28-25(30)18-22(20-9-5-3-6-10-20)21-11-7-4-8-12-21/h3-14,17-18H,15-16H2,1-2H3,(H,28,30)(H2,27,29,34). The molecule has 0 spiro atoms. The van der Waals surface area contributed by atoms with Gasteiger partial charge in [-0.3, -0.25) is 9.52 Å². The number of methoxy groups -OCH3 is 1. The van der Waals surface area contributed by atoms with E-state index < -0.39 is 10.0 Å². The lowest BCUT2D eigenvalue weighted by atomic mass is 9.97. The van der Waals surface area contributed by atoms with Gasteiger partial charge in [-0.1, -0.05) is 66.7 Å². The van der Waals surface area contributed by atoms with Crippen LogP contribution in [0.4, 0.5) is 0 Å². The minimum Gasteiger partial charge on any atom is -0.495 e. The van der Waals surface area contributed by atoms with Crippen molar-refractivity contribution in [1.82, 2.24) is 15.4 Å². The first-order valence-corrected chi connectivity index (χ1v) is 12.7. The minimum atomic E-state index is -3.93. The molecule has 182 valence electrons. The molecule has 3 aromatic carbocycles. The molecule has 0 unspecified atom stereocenters. The van der Waals surface area contributed by atoms with Crippen molar-refractivity contribution in [2.24, 2.45) is 0 Å². The van der Waals surface area contributed by atoms with Crippen molar-refractivity contribution in [3.05, 3.63) is 102 Å². The van der Waals surface area contributed by atoms with Gasteiger partial charge in [0.2, 0.25) is 5.91 Å². The highest BCUT2D eigenvalue weighted by Crippen LogP contribution is 2.25. The second-order valence-electron chi connectivity index (χ2n) is 7.50. The van der Waals surface area contributed by atoms with E-state index in [0.29, 0.717) is 13.0 Å². The lowest BCUT2D eigenvalue weighted by Crippen LogP contribution is -2.37. The molecule has 0 saturated heterocycles. The molecule has 7 nitrogen and oxygen atoms in total. The van der Waals surface area contributed by atoms with Gasteiger partial charge >= 0.3 is 0 Å². The van der Waals surface area contributed by atoms with Gasteiger partial charge in [0.25, 0.3) is 10.0 Å². The molecule has 0 saturated carbocycles. The Bertz CT molecular complexity index is 1270. The number of hydrogen-bond acceptors (Lipinski definition) is 5. The second-order valence-corrected chi connectivity index (χ2v) is 9.56. The summed E-state index contributed by atoms with van der Waals surface area (Å²) in [5.74, 6) is -0.0439. The maximum atomic E-state index is 12.7. The third kappa shape index (κ3) is 7.14. The normalized spacial score (nSPS) is 10.7. The van der Waals surface area contributed by atoms with Gasteiger partial charge in [0.15, 0.2) is 5.11 Å². The Morgan fingerprint density at radius 2 is 1.57 bits per heavy atom. The summed E-state index contributed by atoms with van der Waals surface area (Å²) in [6, 6.07) is 24.3. The summed E-state index contributed by atoms with van der Waals surface area (Å²) in [6.45, 7) is 0.320. The van der Waals surface area contributed by atoms with Crippen LogP contribution in [0.3, 0.4) is 0 Å². The number of benzene rings is 3. The summed E-state index contributed by atoms with van der Waals surface area (Å²) in [5, 5.41) is 5.44. The van der Waals surface area contributed by atoms with Gasteiger partial charge in [0.1, 0.15) is 10.6 Å². The summed E-state index contributed by atoms with van der Waals surface area (Å²) >= 11 is 4.92. The summed E-state index contributed by atoms with van der Waals surface area (Å²) in [7, 11) is -1.01. The summed E-state index contributed by atoms with van der Waals surface area (Å²) < 4.78 is 32.9. The molecule has 3 N–H and O–H groups in total.